The van der Waals surface area contributed by atoms with E-state index in [-0.39, 0.29) is 0 Å². The molecular formula is C23H24ClN7. The average Bonchev–Trinajstić information content (AvgIpc) is 3.01. The first-order chi connectivity index (χ1) is 15.1. The summed E-state index contributed by atoms with van der Waals surface area (Å²) >= 11 is 6.10. The molecule has 1 aliphatic rings. The molecule has 31 heavy (non-hydrogen) atoms. The van der Waals surface area contributed by atoms with Crippen molar-refractivity contribution in [3.05, 3.63) is 71.5 Å². The highest BCUT2D eigenvalue weighted by molar-refractivity contribution is 6.30. The van der Waals surface area contributed by atoms with Gasteiger partial charge in [0.2, 0.25) is 0 Å². The van der Waals surface area contributed by atoms with Crippen LogP contribution in [0.4, 0.5) is 5.82 Å². The first-order valence-corrected chi connectivity index (χ1v) is 10.9. The Hall–Kier alpha value is -3.03. The van der Waals surface area contributed by atoms with Crippen molar-refractivity contribution >= 4 is 23.1 Å². The lowest BCUT2D eigenvalue weighted by molar-refractivity contribution is 0.282. The molecule has 5 heterocycles. The van der Waals surface area contributed by atoms with Crippen LogP contribution in [-0.4, -0.2) is 55.4 Å². The Morgan fingerprint density at radius 2 is 1.94 bits per heavy atom. The Morgan fingerprint density at radius 3 is 2.81 bits per heavy atom. The summed E-state index contributed by atoms with van der Waals surface area (Å²) in [7, 11) is 0. The summed E-state index contributed by atoms with van der Waals surface area (Å²) in [5.74, 6) is 1.71. The maximum atomic E-state index is 6.10. The third kappa shape index (κ3) is 4.52. The second-order valence-electron chi connectivity index (χ2n) is 7.89. The van der Waals surface area contributed by atoms with Crippen LogP contribution in [0.2, 0.25) is 5.02 Å². The van der Waals surface area contributed by atoms with Crippen LogP contribution in [0.15, 0.2) is 55.1 Å². The van der Waals surface area contributed by atoms with Crippen molar-refractivity contribution in [2.75, 3.05) is 31.1 Å². The summed E-state index contributed by atoms with van der Waals surface area (Å²) in [5.41, 5.74) is 3.90. The number of anilines is 1. The normalized spacial score (nSPS) is 15.4. The zero-order valence-corrected chi connectivity index (χ0v) is 18.2. The Bertz CT molecular complexity index is 1190. The Kier molecular flexibility index (Phi) is 5.53. The van der Waals surface area contributed by atoms with Crippen molar-refractivity contribution in [3.63, 3.8) is 0 Å². The molecule has 4 aromatic rings. The molecule has 5 rings (SSSR count). The van der Waals surface area contributed by atoms with E-state index in [1.807, 2.05) is 48.0 Å². The van der Waals surface area contributed by atoms with Crippen LogP contribution in [0.5, 0.6) is 0 Å². The van der Waals surface area contributed by atoms with Crippen molar-refractivity contribution in [1.29, 1.82) is 0 Å². The van der Waals surface area contributed by atoms with E-state index < -0.39 is 0 Å². The first-order valence-electron chi connectivity index (χ1n) is 10.5. The van der Waals surface area contributed by atoms with Gasteiger partial charge in [0.05, 0.1) is 10.7 Å². The zero-order chi connectivity index (χ0) is 21.2. The highest BCUT2D eigenvalue weighted by Gasteiger charge is 2.18. The fraction of sp³-hybridized carbons (Fsp3) is 0.304. The molecule has 8 heteroatoms. The fourth-order valence-corrected chi connectivity index (χ4v) is 4.19. The van der Waals surface area contributed by atoms with E-state index in [2.05, 4.69) is 32.0 Å². The lowest BCUT2D eigenvalue weighted by atomic mass is 10.2. The molecule has 0 saturated carbocycles. The molecule has 0 amide bonds. The van der Waals surface area contributed by atoms with Crippen molar-refractivity contribution in [1.82, 2.24) is 29.2 Å². The standard InChI is InChI=1S/C23H24ClN7/c1-17-12-22(28-23(26-17)18-4-2-7-25-13-18)30-9-3-8-29(10-11-30)15-20-16-31-14-19(24)5-6-21(31)27-20/h2,4-7,12-14,16H,3,8-11,15H2,1H3. The van der Waals surface area contributed by atoms with E-state index in [0.29, 0.717) is 5.02 Å². The number of fused-ring (bicyclic) bond motifs is 1. The molecule has 0 unspecified atom stereocenters. The van der Waals surface area contributed by atoms with Gasteiger partial charge in [0.1, 0.15) is 11.5 Å². The summed E-state index contributed by atoms with van der Waals surface area (Å²) < 4.78 is 1.99. The number of hydrogen-bond donors (Lipinski definition) is 0. The minimum absolute atomic E-state index is 0.715. The van der Waals surface area contributed by atoms with E-state index in [1.54, 1.807) is 6.20 Å². The van der Waals surface area contributed by atoms with Gasteiger partial charge in [0.15, 0.2) is 5.82 Å². The van der Waals surface area contributed by atoms with E-state index >= 15 is 0 Å². The number of nitrogens with zero attached hydrogens (tertiary/aromatic N) is 7. The highest BCUT2D eigenvalue weighted by Crippen LogP contribution is 2.21. The molecule has 7 nitrogen and oxygen atoms in total. The number of aromatic nitrogens is 5. The number of pyridine rings is 2. The minimum atomic E-state index is 0.715. The SMILES string of the molecule is Cc1cc(N2CCCN(Cc3cn4cc(Cl)ccc4n3)CC2)nc(-c2cccnc2)n1. The maximum absolute atomic E-state index is 6.10. The predicted molar refractivity (Wildman–Crippen MR) is 122 cm³/mol. The van der Waals surface area contributed by atoms with Crippen molar-refractivity contribution in [2.24, 2.45) is 0 Å². The second-order valence-corrected chi connectivity index (χ2v) is 8.33. The fourth-order valence-electron chi connectivity index (χ4n) is 4.02. The highest BCUT2D eigenvalue weighted by atomic mass is 35.5. The number of rotatable bonds is 4. The third-order valence-electron chi connectivity index (χ3n) is 5.52. The summed E-state index contributed by atoms with van der Waals surface area (Å²) in [5, 5.41) is 0.715. The molecule has 1 fully saturated rings. The van der Waals surface area contributed by atoms with Crippen LogP contribution in [0.3, 0.4) is 0 Å². The summed E-state index contributed by atoms with van der Waals surface area (Å²) in [6, 6.07) is 9.81. The van der Waals surface area contributed by atoms with E-state index in [4.69, 9.17) is 21.6 Å². The van der Waals surface area contributed by atoms with E-state index in [9.17, 15) is 0 Å². The van der Waals surface area contributed by atoms with Gasteiger partial charge in [-0.2, -0.15) is 0 Å². The second kappa shape index (κ2) is 8.61. The van der Waals surface area contributed by atoms with Gasteiger partial charge in [0.25, 0.3) is 0 Å². The van der Waals surface area contributed by atoms with Gasteiger partial charge in [-0.3, -0.25) is 9.88 Å². The van der Waals surface area contributed by atoms with E-state index in [0.717, 1.165) is 73.4 Å². The number of hydrogen-bond acceptors (Lipinski definition) is 6. The summed E-state index contributed by atoms with van der Waals surface area (Å²) in [6.45, 7) is 6.73. The lowest BCUT2D eigenvalue weighted by Gasteiger charge is -2.23. The quantitative estimate of drug-likeness (QED) is 0.487. The zero-order valence-electron chi connectivity index (χ0n) is 17.4. The van der Waals surface area contributed by atoms with Gasteiger partial charge in [-0.15, -0.1) is 0 Å². The monoisotopic (exact) mass is 433 g/mol. The lowest BCUT2D eigenvalue weighted by Crippen LogP contribution is -2.31. The molecule has 4 aromatic heterocycles. The van der Waals surface area contributed by atoms with Gasteiger partial charge in [-0.1, -0.05) is 11.6 Å². The van der Waals surface area contributed by atoms with Crippen LogP contribution in [0.1, 0.15) is 17.8 Å². The summed E-state index contributed by atoms with van der Waals surface area (Å²) in [4.78, 5) is 23.2. The van der Waals surface area contributed by atoms with Crippen LogP contribution >= 0.6 is 11.6 Å². The largest absolute Gasteiger partial charge is 0.355 e. The van der Waals surface area contributed by atoms with Gasteiger partial charge in [-0.05, 0) is 37.6 Å². The summed E-state index contributed by atoms with van der Waals surface area (Å²) in [6.07, 6.45) is 8.61. The Morgan fingerprint density at radius 1 is 1.00 bits per heavy atom. The van der Waals surface area contributed by atoms with Gasteiger partial charge in [0, 0.05) is 74.8 Å². The van der Waals surface area contributed by atoms with Crippen molar-refractivity contribution in [3.8, 4) is 11.4 Å². The smallest absolute Gasteiger partial charge is 0.163 e. The Labute approximate surface area is 186 Å². The van der Waals surface area contributed by atoms with Crippen LogP contribution in [0, 0.1) is 6.92 Å². The average molecular weight is 434 g/mol. The first kappa shape index (κ1) is 19.9. The minimum Gasteiger partial charge on any atom is -0.355 e. The van der Waals surface area contributed by atoms with Gasteiger partial charge >= 0.3 is 0 Å². The third-order valence-corrected chi connectivity index (χ3v) is 5.75. The Balaban J connectivity index is 1.30. The molecule has 0 spiro atoms. The number of aryl methyl sites for hydroxylation is 1. The molecule has 0 atom stereocenters. The van der Waals surface area contributed by atoms with E-state index in [1.165, 1.54) is 0 Å². The van der Waals surface area contributed by atoms with Crippen LogP contribution in [-0.2, 0) is 6.54 Å². The van der Waals surface area contributed by atoms with Crippen LogP contribution in [0.25, 0.3) is 17.0 Å². The maximum Gasteiger partial charge on any atom is 0.163 e. The molecule has 0 aromatic carbocycles. The molecule has 0 aliphatic carbocycles. The van der Waals surface area contributed by atoms with Crippen molar-refractivity contribution < 1.29 is 0 Å². The number of halogens is 1. The topological polar surface area (TPSA) is 62.5 Å². The molecular weight excluding hydrogens is 410 g/mol. The van der Waals surface area contributed by atoms with Crippen LogP contribution < -0.4 is 4.90 Å². The molecule has 0 N–H and O–H groups in total. The molecule has 1 saturated heterocycles. The van der Waals surface area contributed by atoms with Gasteiger partial charge in [-0.25, -0.2) is 15.0 Å². The van der Waals surface area contributed by atoms with Crippen molar-refractivity contribution in [2.45, 2.75) is 19.9 Å². The molecule has 0 radical (unpaired) electrons. The predicted octanol–water partition coefficient (Wildman–Crippen LogP) is 3.86. The molecule has 0 bridgehead atoms. The molecule has 158 valence electrons. The molecule has 1 aliphatic heterocycles. The van der Waals surface area contributed by atoms with Gasteiger partial charge < -0.3 is 9.30 Å². The number of imidazole rings is 1.